The lowest BCUT2D eigenvalue weighted by molar-refractivity contribution is -0.118. The third-order valence-corrected chi connectivity index (χ3v) is 6.21. The zero-order valence-electron chi connectivity index (χ0n) is 19.0. The average molecular weight is 508 g/mol. The number of amides is 1. The fourth-order valence-electron chi connectivity index (χ4n) is 3.23. The summed E-state index contributed by atoms with van der Waals surface area (Å²) in [6.45, 7) is 1.75. The monoisotopic (exact) mass is 507 g/mol. The highest BCUT2D eigenvalue weighted by Gasteiger charge is 2.17. The first-order valence-electron chi connectivity index (χ1n) is 10.6. The summed E-state index contributed by atoms with van der Waals surface area (Å²) in [6.07, 6.45) is 0. The lowest BCUT2D eigenvalue weighted by atomic mass is 10.1. The summed E-state index contributed by atoms with van der Waals surface area (Å²) in [5.41, 5.74) is 5.57. The zero-order chi connectivity index (χ0) is 24.8. The predicted molar refractivity (Wildman–Crippen MR) is 138 cm³/mol. The summed E-state index contributed by atoms with van der Waals surface area (Å²) in [7, 11) is 1.47. The second-order valence-corrected chi connectivity index (χ2v) is 8.77. The van der Waals surface area contributed by atoms with E-state index in [1.165, 1.54) is 24.9 Å². The van der Waals surface area contributed by atoms with Gasteiger partial charge in [0.25, 0.3) is 5.91 Å². The number of thioether (sulfide) groups is 1. The van der Waals surface area contributed by atoms with Crippen molar-refractivity contribution in [3.8, 4) is 28.6 Å². The van der Waals surface area contributed by atoms with Crippen LogP contribution in [0, 0.1) is 0 Å². The molecule has 0 fully saturated rings. The summed E-state index contributed by atoms with van der Waals surface area (Å²) in [4.78, 5) is 12.5. The molecule has 1 heterocycles. The molecule has 4 rings (SSSR count). The van der Waals surface area contributed by atoms with Gasteiger partial charge in [0, 0.05) is 21.8 Å². The zero-order valence-corrected chi connectivity index (χ0v) is 20.5. The molecule has 0 aliphatic carbocycles. The van der Waals surface area contributed by atoms with Crippen molar-refractivity contribution in [1.82, 2.24) is 20.2 Å². The standard InChI is InChI=1S/C25H22ClN5O3S/c1-16(18-10-13-21(32)22(14-18)34-2)27-28-23(33)15-35-25-30-29-24(17-8-11-19(26)12-9-17)31(25)20-6-4-3-5-7-20/h3-14,32H,15H2,1-2H3,(H,28,33)/b27-16-. The molecule has 0 radical (unpaired) electrons. The van der Waals surface area contributed by atoms with E-state index in [1.54, 1.807) is 31.2 Å². The number of hydrogen-bond donors (Lipinski definition) is 2. The van der Waals surface area contributed by atoms with Crippen molar-refractivity contribution < 1.29 is 14.6 Å². The van der Waals surface area contributed by atoms with Crippen molar-refractivity contribution >= 4 is 35.0 Å². The van der Waals surface area contributed by atoms with Crippen LogP contribution in [0.4, 0.5) is 0 Å². The van der Waals surface area contributed by atoms with E-state index in [1.807, 2.05) is 47.0 Å². The van der Waals surface area contributed by atoms with Gasteiger partial charge in [0.1, 0.15) is 0 Å². The van der Waals surface area contributed by atoms with Crippen molar-refractivity contribution in [3.63, 3.8) is 0 Å². The molecule has 4 aromatic rings. The first kappa shape index (κ1) is 24.3. The number of hydrazone groups is 1. The number of carbonyl (C=O) groups excluding carboxylic acids is 1. The van der Waals surface area contributed by atoms with E-state index >= 15 is 0 Å². The summed E-state index contributed by atoms with van der Waals surface area (Å²) >= 11 is 7.29. The van der Waals surface area contributed by atoms with Crippen LogP contribution < -0.4 is 10.2 Å². The highest BCUT2D eigenvalue weighted by molar-refractivity contribution is 7.99. The minimum Gasteiger partial charge on any atom is -0.504 e. The molecular formula is C25H22ClN5O3S. The molecule has 0 aliphatic rings. The van der Waals surface area contributed by atoms with Crippen LogP contribution >= 0.6 is 23.4 Å². The molecule has 10 heteroatoms. The van der Waals surface area contributed by atoms with Crippen LogP contribution in [0.1, 0.15) is 12.5 Å². The third-order valence-electron chi connectivity index (χ3n) is 5.03. The molecule has 0 saturated heterocycles. The number of aromatic hydroxyl groups is 1. The van der Waals surface area contributed by atoms with Gasteiger partial charge in [-0.1, -0.05) is 41.6 Å². The molecular weight excluding hydrogens is 486 g/mol. The van der Waals surface area contributed by atoms with Gasteiger partial charge in [0.15, 0.2) is 22.5 Å². The summed E-state index contributed by atoms with van der Waals surface area (Å²) in [5.74, 6) is 0.795. The van der Waals surface area contributed by atoms with Crippen LogP contribution in [-0.4, -0.2) is 44.4 Å². The van der Waals surface area contributed by atoms with E-state index in [9.17, 15) is 9.90 Å². The van der Waals surface area contributed by atoms with Crippen molar-refractivity contribution in [2.24, 2.45) is 5.10 Å². The molecule has 35 heavy (non-hydrogen) atoms. The van der Waals surface area contributed by atoms with Gasteiger partial charge in [-0.05, 0) is 61.5 Å². The van der Waals surface area contributed by atoms with Gasteiger partial charge < -0.3 is 9.84 Å². The van der Waals surface area contributed by atoms with Gasteiger partial charge >= 0.3 is 0 Å². The second-order valence-electron chi connectivity index (χ2n) is 7.39. The Labute approximate surface area is 211 Å². The van der Waals surface area contributed by atoms with Gasteiger partial charge in [-0.3, -0.25) is 9.36 Å². The number of rotatable bonds is 8. The first-order valence-corrected chi connectivity index (χ1v) is 11.9. The molecule has 0 spiro atoms. The van der Waals surface area contributed by atoms with E-state index in [2.05, 4.69) is 20.7 Å². The Kier molecular flexibility index (Phi) is 7.69. The molecule has 3 aromatic carbocycles. The molecule has 0 unspecified atom stereocenters. The molecule has 0 saturated carbocycles. The van der Waals surface area contributed by atoms with Crippen molar-refractivity contribution in [2.75, 3.05) is 12.9 Å². The van der Waals surface area contributed by atoms with E-state index in [-0.39, 0.29) is 17.4 Å². The molecule has 1 amide bonds. The van der Waals surface area contributed by atoms with Crippen LogP contribution in [0.15, 0.2) is 83.1 Å². The molecule has 1 aromatic heterocycles. The highest BCUT2D eigenvalue weighted by atomic mass is 35.5. The fraction of sp³-hybridized carbons (Fsp3) is 0.120. The number of ether oxygens (including phenoxy) is 1. The number of nitrogens with one attached hydrogen (secondary N) is 1. The van der Waals surface area contributed by atoms with Crippen LogP contribution in [-0.2, 0) is 4.79 Å². The van der Waals surface area contributed by atoms with E-state index in [0.717, 1.165) is 11.3 Å². The Morgan fingerprint density at radius 1 is 1.11 bits per heavy atom. The Bertz CT molecular complexity index is 1360. The molecule has 0 bridgehead atoms. The minimum atomic E-state index is -0.296. The molecule has 0 atom stereocenters. The van der Waals surface area contributed by atoms with E-state index in [4.69, 9.17) is 16.3 Å². The predicted octanol–water partition coefficient (Wildman–Crippen LogP) is 4.93. The van der Waals surface area contributed by atoms with Gasteiger partial charge in [-0.15, -0.1) is 10.2 Å². The Balaban J connectivity index is 1.50. The largest absolute Gasteiger partial charge is 0.504 e. The number of phenols is 1. The lowest BCUT2D eigenvalue weighted by Crippen LogP contribution is -2.21. The number of hydrogen-bond acceptors (Lipinski definition) is 7. The third kappa shape index (κ3) is 5.82. The fourth-order valence-corrected chi connectivity index (χ4v) is 4.11. The number of para-hydroxylation sites is 1. The van der Waals surface area contributed by atoms with Gasteiger partial charge in [-0.25, -0.2) is 5.43 Å². The Morgan fingerprint density at radius 2 is 1.86 bits per heavy atom. The number of carbonyl (C=O) groups is 1. The summed E-state index contributed by atoms with van der Waals surface area (Å²) in [6, 6.07) is 21.9. The first-order chi connectivity index (χ1) is 17.0. The van der Waals surface area contributed by atoms with Crippen LogP contribution in [0.3, 0.4) is 0 Å². The van der Waals surface area contributed by atoms with Crippen molar-refractivity contribution in [2.45, 2.75) is 12.1 Å². The SMILES string of the molecule is COc1cc(/C(C)=N\NC(=O)CSc2nnc(-c3ccc(Cl)cc3)n2-c2ccccc2)ccc1O. The van der Waals surface area contributed by atoms with Crippen molar-refractivity contribution in [3.05, 3.63) is 83.4 Å². The topological polar surface area (TPSA) is 102 Å². The van der Waals surface area contributed by atoms with E-state index in [0.29, 0.717) is 33.0 Å². The minimum absolute atomic E-state index is 0.0324. The number of halogens is 1. The number of aromatic nitrogens is 3. The summed E-state index contributed by atoms with van der Waals surface area (Å²) in [5, 5.41) is 23.8. The lowest BCUT2D eigenvalue weighted by Gasteiger charge is -2.10. The van der Waals surface area contributed by atoms with Gasteiger partial charge in [0.2, 0.25) is 0 Å². The quantitative estimate of drug-likeness (QED) is 0.199. The smallest absolute Gasteiger partial charge is 0.250 e. The summed E-state index contributed by atoms with van der Waals surface area (Å²) < 4.78 is 7.02. The molecule has 0 aliphatic heterocycles. The number of benzene rings is 3. The van der Waals surface area contributed by atoms with Gasteiger partial charge in [-0.2, -0.15) is 5.10 Å². The number of phenolic OH excluding ortho intramolecular Hbond substituents is 1. The molecule has 8 nitrogen and oxygen atoms in total. The maximum Gasteiger partial charge on any atom is 0.250 e. The molecule has 2 N–H and O–H groups in total. The average Bonchev–Trinajstić information content (AvgIpc) is 3.31. The second kappa shape index (κ2) is 11.1. The van der Waals surface area contributed by atoms with Crippen LogP contribution in [0.5, 0.6) is 11.5 Å². The Morgan fingerprint density at radius 3 is 2.57 bits per heavy atom. The number of nitrogens with zero attached hydrogens (tertiary/aromatic N) is 4. The highest BCUT2D eigenvalue weighted by Crippen LogP contribution is 2.29. The van der Waals surface area contributed by atoms with Crippen molar-refractivity contribution in [1.29, 1.82) is 0 Å². The number of methoxy groups -OCH3 is 1. The maximum atomic E-state index is 12.5. The normalized spacial score (nSPS) is 11.3. The van der Waals surface area contributed by atoms with Gasteiger partial charge in [0.05, 0.1) is 18.6 Å². The molecule has 178 valence electrons. The maximum absolute atomic E-state index is 12.5. The van der Waals surface area contributed by atoms with Crippen LogP contribution in [0.25, 0.3) is 17.1 Å². The van der Waals surface area contributed by atoms with E-state index < -0.39 is 0 Å². The Hall–Kier alpha value is -3.82. The van der Waals surface area contributed by atoms with Crippen LogP contribution in [0.2, 0.25) is 5.02 Å².